The fraction of sp³-hybridized carbons (Fsp3) is 0.857. The van der Waals surface area contributed by atoms with E-state index in [0.717, 1.165) is 11.8 Å². The molecule has 3 rings (SSSR count). The number of epoxide rings is 1. The molecule has 0 aromatic carbocycles. The minimum absolute atomic E-state index is 0.558. The first-order valence-electron chi connectivity index (χ1n) is 6.41. The molecule has 1 heteroatoms. The summed E-state index contributed by atoms with van der Waals surface area (Å²) in [7, 11) is 0. The van der Waals surface area contributed by atoms with Gasteiger partial charge >= 0.3 is 0 Å². The van der Waals surface area contributed by atoms with Crippen LogP contribution in [0.15, 0.2) is 12.2 Å². The van der Waals surface area contributed by atoms with Crippen LogP contribution in [-0.2, 0) is 4.74 Å². The average Bonchev–Trinajstić information content (AvgIpc) is 2.89. The topological polar surface area (TPSA) is 12.5 Å². The third-order valence-electron chi connectivity index (χ3n) is 4.96. The molecule has 0 spiro atoms. The zero-order valence-corrected chi connectivity index (χ0v) is 9.96. The van der Waals surface area contributed by atoms with Gasteiger partial charge < -0.3 is 4.74 Å². The van der Waals surface area contributed by atoms with E-state index in [2.05, 4.69) is 20.4 Å². The summed E-state index contributed by atoms with van der Waals surface area (Å²) in [5.41, 5.74) is 2.07. The second-order valence-corrected chi connectivity index (χ2v) is 6.39. The average molecular weight is 206 g/mol. The predicted octanol–water partition coefficient (Wildman–Crippen LogP) is 3.55. The Labute approximate surface area is 92.9 Å². The highest BCUT2D eigenvalue weighted by Gasteiger charge is 2.50. The van der Waals surface area contributed by atoms with E-state index >= 15 is 0 Å². The zero-order chi connectivity index (χ0) is 10.6. The summed E-state index contributed by atoms with van der Waals surface area (Å²) in [6.07, 6.45) is 7.65. The van der Waals surface area contributed by atoms with Gasteiger partial charge in [0.2, 0.25) is 0 Å². The molecule has 0 unspecified atom stereocenters. The van der Waals surface area contributed by atoms with Crippen molar-refractivity contribution in [2.75, 3.05) is 0 Å². The molecule has 2 aliphatic carbocycles. The van der Waals surface area contributed by atoms with Crippen molar-refractivity contribution in [2.24, 2.45) is 17.3 Å². The Morgan fingerprint density at radius 1 is 1.20 bits per heavy atom. The Morgan fingerprint density at radius 2 is 1.93 bits per heavy atom. The van der Waals surface area contributed by atoms with Gasteiger partial charge in [-0.15, -0.1) is 0 Å². The van der Waals surface area contributed by atoms with Gasteiger partial charge in [0, 0.05) is 0 Å². The van der Waals surface area contributed by atoms with Crippen LogP contribution in [0.2, 0.25) is 0 Å². The van der Waals surface area contributed by atoms with Crippen LogP contribution in [0.3, 0.4) is 0 Å². The van der Waals surface area contributed by atoms with Gasteiger partial charge in [-0.25, -0.2) is 0 Å². The number of rotatable bonds is 0. The SMILES string of the molecule is C=C1CC[C@@H]2O[C@H]2CC[C@H]2[C@H]1CC2(C)C. The molecule has 4 atom stereocenters. The minimum Gasteiger partial charge on any atom is -0.370 e. The molecule has 1 aliphatic heterocycles. The van der Waals surface area contributed by atoms with Crippen LogP contribution in [0.1, 0.15) is 46.0 Å². The van der Waals surface area contributed by atoms with Crippen LogP contribution in [-0.4, -0.2) is 12.2 Å². The molecular formula is C14H22O. The van der Waals surface area contributed by atoms with Crippen molar-refractivity contribution >= 4 is 0 Å². The Kier molecular flexibility index (Phi) is 2.04. The highest BCUT2D eigenvalue weighted by molar-refractivity contribution is 5.14. The van der Waals surface area contributed by atoms with Crippen LogP contribution < -0.4 is 0 Å². The lowest BCUT2D eigenvalue weighted by Crippen LogP contribution is -2.44. The molecule has 0 N–H and O–H groups in total. The van der Waals surface area contributed by atoms with Crippen LogP contribution in [0.4, 0.5) is 0 Å². The highest BCUT2D eigenvalue weighted by Crippen LogP contribution is 2.57. The summed E-state index contributed by atoms with van der Waals surface area (Å²) in [6, 6.07) is 0. The molecule has 0 aromatic heterocycles. The first-order valence-corrected chi connectivity index (χ1v) is 6.41. The first-order chi connectivity index (χ1) is 7.08. The smallest absolute Gasteiger partial charge is 0.0845 e. The van der Waals surface area contributed by atoms with E-state index < -0.39 is 0 Å². The molecule has 1 heterocycles. The molecule has 0 aromatic rings. The van der Waals surface area contributed by atoms with Crippen molar-refractivity contribution in [3.8, 4) is 0 Å². The molecular weight excluding hydrogens is 184 g/mol. The lowest BCUT2D eigenvalue weighted by molar-refractivity contribution is 0.000405. The molecule has 84 valence electrons. The van der Waals surface area contributed by atoms with Gasteiger partial charge in [-0.05, 0) is 49.4 Å². The monoisotopic (exact) mass is 206 g/mol. The van der Waals surface area contributed by atoms with Gasteiger partial charge in [-0.1, -0.05) is 26.0 Å². The molecule has 15 heavy (non-hydrogen) atoms. The molecule has 0 amide bonds. The first kappa shape index (κ1) is 9.89. The van der Waals surface area contributed by atoms with E-state index in [1.54, 1.807) is 0 Å². The maximum absolute atomic E-state index is 5.68. The van der Waals surface area contributed by atoms with E-state index in [-0.39, 0.29) is 0 Å². The van der Waals surface area contributed by atoms with Gasteiger partial charge in [0.15, 0.2) is 0 Å². The number of fused-ring (bicyclic) bond motifs is 2. The summed E-state index contributed by atoms with van der Waals surface area (Å²) in [5, 5.41) is 0. The van der Waals surface area contributed by atoms with Crippen molar-refractivity contribution in [1.29, 1.82) is 0 Å². The second-order valence-electron chi connectivity index (χ2n) is 6.39. The van der Waals surface area contributed by atoms with Crippen LogP contribution in [0, 0.1) is 17.3 Å². The molecule has 3 aliphatic rings. The number of ether oxygens (including phenoxy) is 1. The third kappa shape index (κ3) is 1.56. The van der Waals surface area contributed by atoms with Crippen molar-refractivity contribution < 1.29 is 4.74 Å². The van der Waals surface area contributed by atoms with Crippen LogP contribution in [0.25, 0.3) is 0 Å². The molecule has 2 saturated carbocycles. The van der Waals surface area contributed by atoms with Crippen LogP contribution >= 0.6 is 0 Å². The van der Waals surface area contributed by atoms with E-state index in [4.69, 9.17) is 4.74 Å². The Balaban J connectivity index is 1.75. The number of hydrogen-bond donors (Lipinski definition) is 0. The molecule has 0 radical (unpaired) electrons. The number of allylic oxidation sites excluding steroid dienone is 1. The van der Waals surface area contributed by atoms with Gasteiger partial charge in [0.05, 0.1) is 12.2 Å². The van der Waals surface area contributed by atoms with Gasteiger partial charge in [-0.3, -0.25) is 0 Å². The maximum atomic E-state index is 5.68. The quantitative estimate of drug-likeness (QED) is 0.436. The lowest BCUT2D eigenvalue weighted by atomic mass is 9.52. The summed E-state index contributed by atoms with van der Waals surface area (Å²) >= 11 is 0. The Hall–Kier alpha value is -0.300. The standard InChI is InChI=1S/C14H22O/c1-9-4-6-12-13(15-12)7-5-11-10(9)8-14(11,2)3/h10-13H,1,4-8H2,2-3H3/t10-,11-,12-,13-/m0/s1. The van der Waals surface area contributed by atoms with Gasteiger partial charge in [0.25, 0.3) is 0 Å². The third-order valence-corrected chi connectivity index (χ3v) is 4.96. The molecule has 1 nitrogen and oxygen atoms in total. The largest absolute Gasteiger partial charge is 0.370 e. The molecule has 1 saturated heterocycles. The highest BCUT2D eigenvalue weighted by atomic mass is 16.6. The van der Waals surface area contributed by atoms with E-state index in [9.17, 15) is 0 Å². The Bertz CT molecular complexity index is 292. The maximum Gasteiger partial charge on any atom is 0.0845 e. The van der Waals surface area contributed by atoms with Gasteiger partial charge in [-0.2, -0.15) is 0 Å². The molecule has 3 fully saturated rings. The number of hydrogen-bond acceptors (Lipinski definition) is 1. The van der Waals surface area contributed by atoms with E-state index in [1.807, 2.05) is 0 Å². The van der Waals surface area contributed by atoms with Crippen molar-refractivity contribution in [3.63, 3.8) is 0 Å². The fourth-order valence-electron chi connectivity index (χ4n) is 3.81. The molecule has 0 bridgehead atoms. The van der Waals surface area contributed by atoms with Gasteiger partial charge in [0.1, 0.15) is 0 Å². The van der Waals surface area contributed by atoms with E-state index in [1.165, 1.54) is 37.7 Å². The summed E-state index contributed by atoms with van der Waals surface area (Å²) < 4.78 is 5.68. The summed E-state index contributed by atoms with van der Waals surface area (Å²) in [5.74, 6) is 1.71. The summed E-state index contributed by atoms with van der Waals surface area (Å²) in [6.45, 7) is 9.15. The summed E-state index contributed by atoms with van der Waals surface area (Å²) in [4.78, 5) is 0. The van der Waals surface area contributed by atoms with Crippen molar-refractivity contribution in [3.05, 3.63) is 12.2 Å². The lowest BCUT2D eigenvalue weighted by Gasteiger charge is -2.53. The fourth-order valence-corrected chi connectivity index (χ4v) is 3.81. The second kappa shape index (κ2) is 3.10. The van der Waals surface area contributed by atoms with Crippen molar-refractivity contribution in [2.45, 2.75) is 58.2 Å². The Morgan fingerprint density at radius 3 is 2.67 bits per heavy atom. The minimum atomic E-state index is 0.558. The van der Waals surface area contributed by atoms with Crippen LogP contribution in [0.5, 0.6) is 0 Å². The van der Waals surface area contributed by atoms with Crippen molar-refractivity contribution in [1.82, 2.24) is 0 Å². The van der Waals surface area contributed by atoms with E-state index in [0.29, 0.717) is 17.6 Å². The zero-order valence-electron chi connectivity index (χ0n) is 9.96. The predicted molar refractivity (Wildman–Crippen MR) is 61.6 cm³/mol. The normalized spacial score (nSPS) is 47.7.